The zero-order valence-corrected chi connectivity index (χ0v) is 24.1. The van der Waals surface area contributed by atoms with Crippen molar-refractivity contribution in [3.63, 3.8) is 0 Å². The summed E-state index contributed by atoms with van der Waals surface area (Å²) in [5.41, 5.74) is 0.256. The summed E-state index contributed by atoms with van der Waals surface area (Å²) >= 11 is 0. The van der Waals surface area contributed by atoms with Crippen molar-refractivity contribution in [3.8, 4) is 34.3 Å². The Balaban J connectivity index is 1.59. The van der Waals surface area contributed by atoms with Crippen molar-refractivity contribution in [1.29, 1.82) is 0 Å². The molecule has 4 aromatic rings. The van der Waals surface area contributed by atoms with Gasteiger partial charge in [0, 0.05) is 23.4 Å². The van der Waals surface area contributed by atoms with E-state index in [1.165, 1.54) is 52.7 Å². The third-order valence-corrected chi connectivity index (χ3v) is 7.33. The summed E-state index contributed by atoms with van der Waals surface area (Å²) in [6, 6.07) is 12.5. The number of ether oxygens (including phenoxy) is 5. The molecule has 3 aromatic carbocycles. The van der Waals surface area contributed by atoms with Crippen LogP contribution < -0.4 is 29.7 Å². The minimum Gasteiger partial charge on any atom is -0.496 e. The quantitative estimate of drug-likeness (QED) is 0.231. The number of halogens is 1. The molecule has 12 nitrogen and oxygen atoms in total. The second-order valence-electron chi connectivity index (χ2n) is 9.89. The number of anilines is 1. The second-order valence-corrected chi connectivity index (χ2v) is 9.89. The lowest BCUT2D eigenvalue weighted by Gasteiger charge is -2.40. The maximum Gasteiger partial charge on any atom is 0.256 e. The summed E-state index contributed by atoms with van der Waals surface area (Å²) in [7, 11) is 5.57. The van der Waals surface area contributed by atoms with Crippen LogP contribution in [0.3, 0.4) is 0 Å². The number of aliphatic hydroxyl groups excluding tert-OH is 3. The first-order chi connectivity index (χ1) is 21.1. The lowest BCUT2D eigenvalue weighted by Crippen LogP contribution is -2.57. The predicted octanol–water partition coefficient (Wildman–Crippen LogP) is 2.79. The van der Waals surface area contributed by atoms with E-state index < -0.39 is 47.7 Å². The van der Waals surface area contributed by atoms with Gasteiger partial charge in [-0.15, -0.1) is 0 Å². The fourth-order valence-electron chi connectivity index (χ4n) is 5.14. The molecule has 5 unspecified atom stereocenters. The maximum absolute atomic E-state index is 13.5. The molecule has 0 spiro atoms. The second kappa shape index (κ2) is 12.5. The van der Waals surface area contributed by atoms with Crippen molar-refractivity contribution < 1.29 is 52.6 Å². The summed E-state index contributed by atoms with van der Waals surface area (Å²) in [6.07, 6.45) is -8.69. The number of hydrogen-bond acceptors (Lipinski definition) is 11. The predicted molar refractivity (Wildman–Crippen MR) is 155 cm³/mol. The molecular weight excluding hydrogens is 581 g/mol. The van der Waals surface area contributed by atoms with Crippen LogP contribution in [0, 0.1) is 5.82 Å². The van der Waals surface area contributed by atoms with E-state index in [9.17, 15) is 29.3 Å². The van der Waals surface area contributed by atoms with E-state index in [0.29, 0.717) is 17.1 Å². The van der Waals surface area contributed by atoms with E-state index in [4.69, 9.17) is 28.1 Å². The topological polar surface area (TPSA) is 166 Å². The first-order valence-corrected chi connectivity index (χ1v) is 13.3. The van der Waals surface area contributed by atoms with Crippen LogP contribution in [-0.4, -0.2) is 74.1 Å². The minimum atomic E-state index is -1.85. The molecule has 1 amide bonds. The summed E-state index contributed by atoms with van der Waals surface area (Å²) in [6.45, 7) is 0. The summed E-state index contributed by atoms with van der Waals surface area (Å²) in [4.78, 5) is 26.6. The molecule has 0 saturated carbocycles. The van der Waals surface area contributed by atoms with Gasteiger partial charge in [0.1, 0.15) is 58.5 Å². The number of rotatable bonds is 8. The van der Waals surface area contributed by atoms with E-state index in [1.807, 2.05) is 0 Å². The molecule has 44 heavy (non-hydrogen) atoms. The Morgan fingerprint density at radius 3 is 2.14 bits per heavy atom. The molecule has 5 rings (SSSR count). The van der Waals surface area contributed by atoms with Crippen LogP contribution in [0.1, 0.15) is 11.7 Å². The number of benzene rings is 3. The average molecular weight is 612 g/mol. The number of fused-ring (bicyclic) bond motifs is 1. The van der Waals surface area contributed by atoms with Crippen molar-refractivity contribution in [2.75, 3.05) is 33.8 Å². The van der Waals surface area contributed by atoms with Gasteiger partial charge in [0.2, 0.25) is 0 Å². The molecule has 1 fully saturated rings. The third kappa shape index (κ3) is 5.53. The van der Waals surface area contributed by atoms with E-state index >= 15 is 0 Å². The first kappa shape index (κ1) is 30.8. The molecule has 2 heterocycles. The standard InChI is InChI=1S/C31H30FNO11/c1-39-18-10-5-14(11-20(18)40-2)19-12-17(34)23-22(43-19)13-21(41-3)24(28(23)42-4)29-26(36)25(35)27(37)30(44-29)31(38)33-16-8-6-15(32)7-9-16/h5-13,25-27,29-30,35-37H,1-4H3,(H,33,38). The Bertz CT molecular complexity index is 1740. The highest BCUT2D eigenvalue weighted by molar-refractivity contribution is 5.95. The van der Waals surface area contributed by atoms with Gasteiger partial charge in [-0.3, -0.25) is 9.59 Å². The van der Waals surface area contributed by atoms with Gasteiger partial charge in [0.15, 0.2) is 23.0 Å². The SMILES string of the molecule is COc1ccc(-c2cc(=O)c3c(OC)c(C4OC(C(=O)Nc5ccc(F)cc5)C(O)C(O)C4O)c(OC)cc3o2)cc1OC. The lowest BCUT2D eigenvalue weighted by atomic mass is 9.89. The van der Waals surface area contributed by atoms with Gasteiger partial charge in [0.05, 0.1) is 34.0 Å². The Labute approximate surface area is 250 Å². The maximum atomic E-state index is 13.5. The molecule has 232 valence electrons. The normalized spacial score (nSPS) is 21.5. The molecule has 1 aliphatic heterocycles. The molecule has 1 aromatic heterocycles. The molecule has 0 aliphatic carbocycles. The summed E-state index contributed by atoms with van der Waals surface area (Å²) in [5, 5.41) is 34.8. The molecular formula is C31H30FNO11. The first-order valence-electron chi connectivity index (χ1n) is 13.3. The van der Waals surface area contributed by atoms with Gasteiger partial charge in [-0.2, -0.15) is 0 Å². The van der Waals surface area contributed by atoms with Crippen LogP contribution >= 0.6 is 0 Å². The third-order valence-electron chi connectivity index (χ3n) is 7.33. The van der Waals surface area contributed by atoms with Crippen LogP contribution in [0.15, 0.2) is 63.8 Å². The summed E-state index contributed by atoms with van der Waals surface area (Å²) < 4.78 is 47.1. The van der Waals surface area contributed by atoms with Crippen LogP contribution in [0.25, 0.3) is 22.3 Å². The molecule has 1 saturated heterocycles. The number of amides is 1. The van der Waals surface area contributed by atoms with Gasteiger partial charge >= 0.3 is 0 Å². The van der Waals surface area contributed by atoms with Crippen LogP contribution in [0.4, 0.5) is 10.1 Å². The summed E-state index contributed by atoms with van der Waals surface area (Å²) in [5.74, 6) is -0.366. The van der Waals surface area contributed by atoms with Crippen molar-refractivity contribution in [3.05, 3.63) is 76.2 Å². The number of nitrogens with one attached hydrogen (secondary N) is 1. The van der Waals surface area contributed by atoms with Crippen molar-refractivity contribution >= 4 is 22.6 Å². The van der Waals surface area contributed by atoms with Crippen molar-refractivity contribution in [2.24, 2.45) is 0 Å². The highest BCUT2D eigenvalue weighted by Crippen LogP contribution is 2.46. The van der Waals surface area contributed by atoms with Gasteiger partial charge in [0.25, 0.3) is 5.91 Å². The smallest absolute Gasteiger partial charge is 0.256 e. The van der Waals surface area contributed by atoms with Gasteiger partial charge in [-0.25, -0.2) is 4.39 Å². The zero-order chi connectivity index (χ0) is 31.7. The van der Waals surface area contributed by atoms with Gasteiger partial charge in [-0.1, -0.05) is 0 Å². The number of hydrogen-bond donors (Lipinski definition) is 4. The van der Waals surface area contributed by atoms with Crippen molar-refractivity contribution in [2.45, 2.75) is 30.5 Å². The van der Waals surface area contributed by atoms with E-state index in [1.54, 1.807) is 18.2 Å². The Morgan fingerprint density at radius 2 is 1.50 bits per heavy atom. The van der Waals surface area contributed by atoms with Gasteiger partial charge < -0.3 is 48.7 Å². The minimum absolute atomic E-state index is 0.00769. The van der Waals surface area contributed by atoms with E-state index in [0.717, 1.165) is 12.1 Å². The molecule has 1 aliphatic rings. The van der Waals surface area contributed by atoms with E-state index in [-0.39, 0.29) is 39.5 Å². The number of carbonyl (C=O) groups excluding carboxylic acids is 1. The largest absolute Gasteiger partial charge is 0.496 e. The molecule has 13 heteroatoms. The van der Waals surface area contributed by atoms with Gasteiger partial charge in [-0.05, 0) is 42.5 Å². The fourth-order valence-corrected chi connectivity index (χ4v) is 5.14. The van der Waals surface area contributed by atoms with Crippen molar-refractivity contribution in [1.82, 2.24) is 0 Å². The monoisotopic (exact) mass is 611 g/mol. The molecule has 0 bridgehead atoms. The number of aliphatic hydroxyl groups is 3. The fraction of sp³-hybridized carbons (Fsp3) is 0.290. The highest BCUT2D eigenvalue weighted by Gasteiger charge is 2.49. The van der Waals surface area contributed by atoms with Crippen LogP contribution in [0.5, 0.6) is 23.0 Å². The van der Waals surface area contributed by atoms with Crippen LogP contribution in [0.2, 0.25) is 0 Å². The molecule has 0 radical (unpaired) electrons. The number of carbonyl (C=O) groups is 1. The molecule has 5 atom stereocenters. The van der Waals surface area contributed by atoms with Crippen LogP contribution in [-0.2, 0) is 9.53 Å². The Morgan fingerprint density at radius 1 is 0.818 bits per heavy atom. The Hall–Kier alpha value is -4.69. The van der Waals surface area contributed by atoms with E-state index in [2.05, 4.69) is 5.32 Å². The average Bonchev–Trinajstić information content (AvgIpc) is 3.03. The zero-order valence-electron chi connectivity index (χ0n) is 24.1. The highest BCUT2D eigenvalue weighted by atomic mass is 19.1. The number of methoxy groups -OCH3 is 4. The molecule has 4 N–H and O–H groups in total. The Kier molecular flexibility index (Phi) is 8.74. The lowest BCUT2D eigenvalue weighted by molar-refractivity contribution is -0.221.